The van der Waals surface area contributed by atoms with E-state index >= 15 is 0 Å². The van der Waals surface area contributed by atoms with E-state index in [1.54, 1.807) is 13.8 Å². The fourth-order valence-corrected chi connectivity index (χ4v) is 1.65. The molecule has 1 aliphatic heterocycles. The molecule has 1 unspecified atom stereocenters. The van der Waals surface area contributed by atoms with E-state index in [2.05, 4.69) is 5.32 Å². The van der Waals surface area contributed by atoms with Crippen molar-refractivity contribution in [1.29, 1.82) is 0 Å². The van der Waals surface area contributed by atoms with E-state index < -0.39 is 11.4 Å². The maximum atomic E-state index is 10.8. The summed E-state index contributed by atoms with van der Waals surface area (Å²) in [5.41, 5.74) is -0.565. The Labute approximate surface area is 79.5 Å². The summed E-state index contributed by atoms with van der Waals surface area (Å²) in [4.78, 5) is 10.8. The van der Waals surface area contributed by atoms with Crippen molar-refractivity contribution in [3.63, 3.8) is 0 Å². The zero-order valence-corrected chi connectivity index (χ0v) is 8.47. The number of nitrogens with one attached hydrogen (secondary N) is 1. The van der Waals surface area contributed by atoms with Gasteiger partial charge >= 0.3 is 5.97 Å². The molecule has 1 fully saturated rings. The van der Waals surface area contributed by atoms with Crippen molar-refractivity contribution >= 4 is 5.97 Å². The maximum absolute atomic E-state index is 10.8. The molecule has 1 heterocycles. The lowest BCUT2D eigenvalue weighted by Crippen LogP contribution is -2.28. The normalized spacial score (nSPS) is 23.4. The lowest BCUT2D eigenvalue weighted by molar-refractivity contribution is -0.147. The summed E-state index contributed by atoms with van der Waals surface area (Å²) in [6.07, 6.45) is 4.19. The van der Waals surface area contributed by atoms with Gasteiger partial charge in [-0.25, -0.2) is 0 Å². The number of aliphatic carboxylic acids is 1. The van der Waals surface area contributed by atoms with Gasteiger partial charge in [0, 0.05) is 6.04 Å². The Morgan fingerprint density at radius 1 is 1.62 bits per heavy atom. The molecule has 1 rings (SSSR count). The first-order valence-corrected chi connectivity index (χ1v) is 4.99. The predicted octanol–water partition coefficient (Wildman–Crippen LogP) is 1.63. The van der Waals surface area contributed by atoms with Crippen LogP contribution < -0.4 is 5.32 Å². The largest absolute Gasteiger partial charge is 0.481 e. The molecule has 0 aromatic heterocycles. The third-order valence-electron chi connectivity index (χ3n) is 2.86. The summed E-state index contributed by atoms with van der Waals surface area (Å²) in [7, 11) is 0. The number of hydrogen-bond donors (Lipinski definition) is 2. The predicted molar refractivity (Wildman–Crippen MR) is 51.7 cm³/mol. The highest BCUT2D eigenvalue weighted by Gasteiger charge is 2.28. The van der Waals surface area contributed by atoms with Crippen molar-refractivity contribution in [2.24, 2.45) is 5.41 Å². The zero-order valence-electron chi connectivity index (χ0n) is 8.47. The van der Waals surface area contributed by atoms with Gasteiger partial charge in [-0.05, 0) is 46.1 Å². The highest BCUT2D eigenvalue weighted by atomic mass is 16.4. The lowest BCUT2D eigenvalue weighted by Gasteiger charge is -2.20. The van der Waals surface area contributed by atoms with Gasteiger partial charge in [0.25, 0.3) is 0 Å². The lowest BCUT2D eigenvalue weighted by atomic mass is 9.86. The van der Waals surface area contributed by atoms with Crippen LogP contribution in [-0.2, 0) is 4.79 Å². The second-order valence-electron chi connectivity index (χ2n) is 4.52. The van der Waals surface area contributed by atoms with Gasteiger partial charge in [-0.2, -0.15) is 0 Å². The van der Waals surface area contributed by atoms with Crippen molar-refractivity contribution in [2.75, 3.05) is 6.54 Å². The Morgan fingerprint density at radius 2 is 2.31 bits per heavy atom. The van der Waals surface area contributed by atoms with Gasteiger partial charge in [0.15, 0.2) is 0 Å². The van der Waals surface area contributed by atoms with E-state index in [4.69, 9.17) is 5.11 Å². The molecular formula is C10H19NO2. The Kier molecular flexibility index (Phi) is 3.31. The van der Waals surface area contributed by atoms with E-state index in [0.717, 1.165) is 19.4 Å². The van der Waals surface area contributed by atoms with E-state index in [9.17, 15) is 4.79 Å². The summed E-state index contributed by atoms with van der Waals surface area (Å²) in [6, 6.07) is 0.554. The topological polar surface area (TPSA) is 49.3 Å². The van der Waals surface area contributed by atoms with E-state index in [1.807, 2.05) is 0 Å². The minimum Gasteiger partial charge on any atom is -0.481 e. The second-order valence-corrected chi connectivity index (χ2v) is 4.52. The standard InChI is InChI=1S/C10H19NO2/c1-10(2,9(12)13)6-5-8-4-3-7-11-8/h8,11H,3-7H2,1-2H3,(H,12,13). The molecule has 76 valence electrons. The van der Waals surface area contributed by atoms with E-state index in [-0.39, 0.29) is 0 Å². The van der Waals surface area contributed by atoms with Gasteiger partial charge in [-0.15, -0.1) is 0 Å². The molecule has 1 saturated heterocycles. The Bertz CT molecular complexity index is 183. The number of carboxylic acids is 1. The molecular weight excluding hydrogens is 166 g/mol. The van der Waals surface area contributed by atoms with Crippen molar-refractivity contribution < 1.29 is 9.90 Å². The summed E-state index contributed by atoms with van der Waals surface area (Å²) in [5, 5.41) is 12.3. The third kappa shape index (κ3) is 2.99. The fourth-order valence-electron chi connectivity index (χ4n) is 1.65. The molecule has 0 aromatic rings. The minimum absolute atomic E-state index is 0.554. The molecule has 1 aliphatic rings. The minimum atomic E-state index is -0.689. The van der Waals surface area contributed by atoms with Crippen LogP contribution in [0.1, 0.15) is 39.5 Å². The Balaban J connectivity index is 2.28. The van der Waals surface area contributed by atoms with Crippen LogP contribution in [0, 0.1) is 5.41 Å². The average molecular weight is 185 g/mol. The zero-order chi connectivity index (χ0) is 9.90. The molecule has 0 amide bonds. The van der Waals surface area contributed by atoms with Crippen LogP contribution in [0.3, 0.4) is 0 Å². The number of rotatable bonds is 4. The monoisotopic (exact) mass is 185 g/mol. The number of hydrogen-bond acceptors (Lipinski definition) is 2. The quantitative estimate of drug-likeness (QED) is 0.700. The molecule has 0 aromatic carbocycles. The SMILES string of the molecule is CC(C)(CCC1CCCN1)C(=O)O. The maximum Gasteiger partial charge on any atom is 0.309 e. The third-order valence-corrected chi connectivity index (χ3v) is 2.86. The molecule has 0 aliphatic carbocycles. The first-order valence-electron chi connectivity index (χ1n) is 4.99. The van der Waals surface area contributed by atoms with Crippen LogP contribution >= 0.6 is 0 Å². The van der Waals surface area contributed by atoms with Gasteiger partial charge < -0.3 is 10.4 Å². The average Bonchev–Trinajstić information content (AvgIpc) is 2.52. The van der Waals surface area contributed by atoms with Crippen LogP contribution in [0.4, 0.5) is 0 Å². The highest BCUT2D eigenvalue weighted by molar-refractivity contribution is 5.73. The van der Waals surface area contributed by atoms with Crippen LogP contribution in [-0.4, -0.2) is 23.7 Å². The molecule has 0 spiro atoms. The highest BCUT2D eigenvalue weighted by Crippen LogP contribution is 2.25. The summed E-state index contributed by atoms with van der Waals surface area (Å²) in [6.45, 7) is 4.69. The van der Waals surface area contributed by atoms with Gasteiger partial charge in [-0.1, -0.05) is 0 Å². The molecule has 3 nitrogen and oxygen atoms in total. The molecule has 13 heavy (non-hydrogen) atoms. The number of carboxylic acid groups (broad SMARTS) is 1. The van der Waals surface area contributed by atoms with Crippen LogP contribution in [0.25, 0.3) is 0 Å². The Hall–Kier alpha value is -0.570. The van der Waals surface area contributed by atoms with Crippen LogP contribution in [0.2, 0.25) is 0 Å². The van der Waals surface area contributed by atoms with Crippen LogP contribution in [0.15, 0.2) is 0 Å². The smallest absolute Gasteiger partial charge is 0.309 e. The van der Waals surface area contributed by atoms with Gasteiger partial charge in [-0.3, -0.25) is 4.79 Å². The first kappa shape index (κ1) is 10.5. The molecule has 0 bridgehead atoms. The molecule has 0 radical (unpaired) electrons. The second kappa shape index (κ2) is 4.09. The molecule has 2 N–H and O–H groups in total. The van der Waals surface area contributed by atoms with E-state index in [1.165, 1.54) is 12.8 Å². The van der Waals surface area contributed by atoms with Crippen molar-refractivity contribution in [3.05, 3.63) is 0 Å². The first-order chi connectivity index (χ1) is 6.02. The van der Waals surface area contributed by atoms with E-state index in [0.29, 0.717) is 6.04 Å². The number of carbonyl (C=O) groups is 1. The van der Waals surface area contributed by atoms with Gasteiger partial charge in [0.2, 0.25) is 0 Å². The molecule has 1 atom stereocenters. The van der Waals surface area contributed by atoms with Gasteiger partial charge in [0.1, 0.15) is 0 Å². The Morgan fingerprint density at radius 3 is 2.77 bits per heavy atom. The van der Waals surface area contributed by atoms with Crippen molar-refractivity contribution in [2.45, 2.75) is 45.6 Å². The van der Waals surface area contributed by atoms with Crippen molar-refractivity contribution in [1.82, 2.24) is 5.32 Å². The molecule has 3 heteroatoms. The van der Waals surface area contributed by atoms with Crippen LogP contribution in [0.5, 0.6) is 0 Å². The van der Waals surface area contributed by atoms with Crippen molar-refractivity contribution in [3.8, 4) is 0 Å². The molecule has 0 saturated carbocycles. The van der Waals surface area contributed by atoms with Gasteiger partial charge in [0.05, 0.1) is 5.41 Å². The summed E-state index contributed by atoms with van der Waals surface area (Å²) >= 11 is 0. The summed E-state index contributed by atoms with van der Waals surface area (Å²) in [5.74, 6) is -0.689. The summed E-state index contributed by atoms with van der Waals surface area (Å²) < 4.78 is 0. The fraction of sp³-hybridized carbons (Fsp3) is 0.900.